The van der Waals surface area contributed by atoms with E-state index < -0.39 is 0 Å². The Labute approximate surface area is 93.0 Å². The van der Waals surface area contributed by atoms with E-state index in [1.807, 2.05) is 0 Å². The van der Waals surface area contributed by atoms with Crippen molar-refractivity contribution in [2.75, 3.05) is 33.4 Å². The Morgan fingerprint density at radius 2 is 1.93 bits per heavy atom. The molecule has 0 radical (unpaired) electrons. The molecule has 3 nitrogen and oxygen atoms in total. The topological polar surface area (TPSA) is 38.5 Å². The summed E-state index contributed by atoms with van der Waals surface area (Å²) in [6.07, 6.45) is 5.16. The Morgan fingerprint density at radius 1 is 1.27 bits per heavy atom. The lowest BCUT2D eigenvalue weighted by atomic mass is 9.99. The van der Waals surface area contributed by atoms with E-state index in [0.29, 0.717) is 6.04 Å². The molecule has 1 aliphatic carbocycles. The first-order valence-corrected chi connectivity index (χ1v) is 6.27. The molecule has 15 heavy (non-hydrogen) atoms. The molecule has 1 heterocycles. The lowest BCUT2D eigenvalue weighted by Gasteiger charge is -2.28. The predicted octanol–water partition coefficient (Wildman–Crippen LogP) is 1.08. The van der Waals surface area contributed by atoms with Crippen LogP contribution in [0, 0.1) is 11.8 Å². The summed E-state index contributed by atoms with van der Waals surface area (Å²) in [6, 6.07) is 0.412. The Kier molecular flexibility index (Phi) is 4.00. The molecule has 88 valence electrons. The summed E-state index contributed by atoms with van der Waals surface area (Å²) < 4.78 is 5.37. The van der Waals surface area contributed by atoms with Crippen molar-refractivity contribution in [2.24, 2.45) is 17.6 Å². The van der Waals surface area contributed by atoms with Gasteiger partial charge in [0.05, 0.1) is 0 Å². The second-order valence-electron chi connectivity index (χ2n) is 5.28. The monoisotopic (exact) mass is 212 g/mol. The Balaban J connectivity index is 1.63. The van der Waals surface area contributed by atoms with E-state index in [9.17, 15) is 0 Å². The molecule has 0 aromatic rings. The van der Waals surface area contributed by atoms with Crippen LogP contribution >= 0.6 is 0 Å². The third-order valence-electron chi connectivity index (χ3n) is 3.66. The molecule has 3 heteroatoms. The number of hydrogen-bond acceptors (Lipinski definition) is 3. The van der Waals surface area contributed by atoms with Gasteiger partial charge in [0.25, 0.3) is 0 Å². The van der Waals surface area contributed by atoms with Crippen LogP contribution in [0.1, 0.15) is 25.7 Å². The lowest BCUT2D eigenvalue weighted by Crippen LogP contribution is -2.39. The largest absolute Gasteiger partial charge is 0.381 e. The van der Waals surface area contributed by atoms with Crippen molar-refractivity contribution in [3.05, 3.63) is 0 Å². The van der Waals surface area contributed by atoms with Gasteiger partial charge in [0.15, 0.2) is 0 Å². The van der Waals surface area contributed by atoms with Crippen molar-refractivity contribution < 1.29 is 4.74 Å². The van der Waals surface area contributed by atoms with E-state index >= 15 is 0 Å². The molecule has 2 aliphatic rings. The SMILES string of the molecule is CN(CC1CCOCC1)CC(N)C1CC1. The fourth-order valence-electron chi connectivity index (χ4n) is 2.48. The molecular formula is C12H24N2O. The predicted molar refractivity (Wildman–Crippen MR) is 61.7 cm³/mol. The van der Waals surface area contributed by atoms with Crippen LogP contribution in [0.15, 0.2) is 0 Å². The van der Waals surface area contributed by atoms with Crippen LogP contribution in [0.4, 0.5) is 0 Å². The van der Waals surface area contributed by atoms with Gasteiger partial charge >= 0.3 is 0 Å². The van der Waals surface area contributed by atoms with Crippen LogP contribution in [0.25, 0.3) is 0 Å². The van der Waals surface area contributed by atoms with E-state index in [1.54, 1.807) is 0 Å². The fraction of sp³-hybridized carbons (Fsp3) is 1.00. The number of nitrogens with zero attached hydrogens (tertiary/aromatic N) is 1. The maximum absolute atomic E-state index is 6.12. The van der Waals surface area contributed by atoms with Crippen LogP contribution in [0.5, 0.6) is 0 Å². The van der Waals surface area contributed by atoms with Crippen molar-refractivity contribution in [1.29, 1.82) is 0 Å². The van der Waals surface area contributed by atoms with Crippen molar-refractivity contribution in [2.45, 2.75) is 31.7 Å². The minimum Gasteiger partial charge on any atom is -0.381 e. The van der Waals surface area contributed by atoms with Gasteiger partial charge < -0.3 is 15.4 Å². The first kappa shape index (κ1) is 11.4. The van der Waals surface area contributed by atoms with Gasteiger partial charge in [-0.15, -0.1) is 0 Å². The molecule has 2 rings (SSSR count). The molecular weight excluding hydrogens is 188 g/mol. The van der Waals surface area contributed by atoms with Gasteiger partial charge in [-0.2, -0.15) is 0 Å². The van der Waals surface area contributed by atoms with E-state index in [-0.39, 0.29) is 0 Å². The number of likely N-dealkylation sites (N-methyl/N-ethyl adjacent to an activating group) is 1. The van der Waals surface area contributed by atoms with Gasteiger partial charge in [-0.25, -0.2) is 0 Å². The summed E-state index contributed by atoms with van der Waals surface area (Å²) in [4.78, 5) is 2.42. The fourth-order valence-corrected chi connectivity index (χ4v) is 2.48. The van der Waals surface area contributed by atoms with E-state index in [0.717, 1.165) is 31.6 Å². The standard InChI is InChI=1S/C12H24N2O/c1-14(9-12(13)11-2-3-11)8-10-4-6-15-7-5-10/h10-12H,2-9,13H2,1H3. The first-order chi connectivity index (χ1) is 7.25. The van der Waals surface area contributed by atoms with Crippen LogP contribution < -0.4 is 5.73 Å². The quantitative estimate of drug-likeness (QED) is 0.741. The number of hydrogen-bond donors (Lipinski definition) is 1. The maximum Gasteiger partial charge on any atom is 0.0469 e. The van der Waals surface area contributed by atoms with Gasteiger partial charge in [-0.1, -0.05) is 0 Å². The molecule has 0 aromatic carbocycles. The minimum atomic E-state index is 0.412. The van der Waals surface area contributed by atoms with Crippen LogP contribution in [-0.2, 0) is 4.74 Å². The zero-order valence-electron chi connectivity index (χ0n) is 9.82. The lowest BCUT2D eigenvalue weighted by molar-refractivity contribution is 0.0549. The molecule has 2 N–H and O–H groups in total. The number of nitrogens with two attached hydrogens (primary N) is 1. The minimum absolute atomic E-state index is 0.412. The Bertz CT molecular complexity index is 188. The first-order valence-electron chi connectivity index (χ1n) is 6.27. The average Bonchev–Trinajstić information content (AvgIpc) is 3.01. The highest BCUT2D eigenvalue weighted by molar-refractivity contribution is 4.85. The molecule has 0 aromatic heterocycles. The summed E-state index contributed by atoms with van der Waals surface area (Å²) in [6.45, 7) is 4.17. The second kappa shape index (κ2) is 5.28. The average molecular weight is 212 g/mol. The summed E-state index contributed by atoms with van der Waals surface area (Å²) in [5.41, 5.74) is 6.12. The smallest absolute Gasteiger partial charge is 0.0469 e. The Morgan fingerprint density at radius 3 is 2.53 bits per heavy atom. The molecule has 0 bridgehead atoms. The van der Waals surface area contributed by atoms with Crippen molar-refractivity contribution in [3.8, 4) is 0 Å². The zero-order valence-corrected chi connectivity index (χ0v) is 9.82. The molecule has 1 saturated carbocycles. The van der Waals surface area contributed by atoms with Gasteiger partial charge in [-0.3, -0.25) is 0 Å². The second-order valence-corrected chi connectivity index (χ2v) is 5.28. The molecule has 1 saturated heterocycles. The third kappa shape index (κ3) is 3.74. The normalized spacial score (nSPS) is 25.8. The van der Waals surface area contributed by atoms with Gasteiger partial charge in [0, 0.05) is 32.3 Å². The summed E-state index contributed by atoms with van der Waals surface area (Å²) >= 11 is 0. The Hall–Kier alpha value is -0.120. The highest BCUT2D eigenvalue weighted by Crippen LogP contribution is 2.31. The van der Waals surface area contributed by atoms with Gasteiger partial charge in [0.1, 0.15) is 0 Å². The molecule has 1 aliphatic heterocycles. The van der Waals surface area contributed by atoms with E-state index in [2.05, 4.69) is 11.9 Å². The van der Waals surface area contributed by atoms with E-state index in [1.165, 1.54) is 32.2 Å². The van der Waals surface area contributed by atoms with Gasteiger partial charge in [0.2, 0.25) is 0 Å². The van der Waals surface area contributed by atoms with Crippen LogP contribution in [0.3, 0.4) is 0 Å². The van der Waals surface area contributed by atoms with Crippen LogP contribution in [-0.4, -0.2) is 44.3 Å². The van der Waals surface area contributed by atoms with Crippen molar-refractivity contribution >= 4 is 0 Å². The summed E-state index contributed by atoms with van der Waals surface area (Å²) in [5, 5.41) is 0. The highest BCUT2D eigenvalue weighted by atomic mass is 16.5. The number of rotatable bonds is 5. The molecule has 1 atom stereocenters. The molecule has 0 amide bonds. The molecule has 2 fully saturated rings. The summed E-state index contributed by atoms with van der Waals surface area (Å²) in [5.74, 6) is 1.65. The highest BCUT2D eigenvalue weighted by Gasteiger charge is 2.29. The van der Waals surface area contributed by atoms with Crippen LogP contribution in [0.2, 0.25) is 0 Å². The molecule has 0 spiro atoms. The number of ether oxygens (including phenoxy) is 1. The summed E-state index contributed by atoms with van der Waals surface area (Å²) in [7, 11) is 2.21. The van der Waals surface area contributed by atoms with Gasteiger partial charge in [-0.05, 0) is 44.6 Å². The zero-order chi connectivity index (χ0) is 10.7. The third-order valence-corrected chi connectivity index (χ3v) is 3.66. The van der Waals surface area contributed by atoms with Crippen molar-refractivity contribution in [3.63, 3.8) is 0 Å². The van der Waals surface area contributed by atoms with E-state index in [4.69, 9.17) is 10.5 Å². The van der Waals surface area contributed by atoms with Crippen molar-refractivity contribution in [1.82, 2.24) is 4.90 Å². The maximum atomic E-state index is 6.12. The molecule has 1 unspecified atom stereocenters.